The molecule has 1 aromatic carbocycles. The molecule has 0 saturated carbocycles. The Morgan fingerprint density at radius 1 is 1.38 bits per heavy atom. The molecule has 5 heteroatoms. The minimum atomic E-state index is -0.0926. The van der Waals surface area contributed by atoms with Gasteiger partial charge >= 0.3 is 0 Å². The highest BCUT2D eigenvalue weighted by molar-refractivity contribution is 7.10. The van der Waals surface area contributed by atoms with Crippen molar-refractivity contribution in [2.45, 2.75) is 19.4 Å². The second-order valence-corrected chi connectivity index (χ2v) is 5.96. The number of benzene rings is 1. The average molecular weight is 299 g/mol. The summed E-state index contributed by atoms with van der Waals surface area (Å²) in [5.41, 5.74) is 7.93. The molecule has 108 valence electrons. The lowest BCUT2D eigenvalue weighted by molar-refractivity contribution is 0.0932. The number of thiophene rings is 1. The molecule has 1 atom stereocenters. The highest BCUT2D eigenvalue weighted by Crippen LogP contribution is 2.23. The predicted octanol–water partition coefficient (Wildman–Crippen LogP) is 3.69. The topological polar surface area (TPSA) is 70.9 Å². The van der Waals surface area contributed by atoms with Gasteiger partial charge in [0.05, 0.1) is 6.04 Å². The molecule has 1 unspecified atom stereocenters. The minimum absolute atomic E-state index is 0.0500. The Kier molecular flexibility index (Phi) is 3.66. The molecule has 0 bridgehead atoms. The minimum Gasteiger partial charge on any atom is -0.399 e. The molecule has 0 radical (unpaired) electrons. The molecule has 2 aromatic heterocycles. The first kappa shape index (κ1) is 13.7. The van der Waals surface area contributed by atoms with E-state index in [0.29, 0.717) is 11.4 Å². The molecule has 0 aliphatic heterocycles. The van der Waals surface area contributed by atoms with E-state index >= 15 is 0 Å². The molecule has 4 N–H and O–H groups in total. The van der Waals surface area contributed by atoms with Gasteiger partial charge in [-0.1, -0.05) is 13.0 Å². The number of hydrogen-bond donors (Lipinski definition) is 3. The van der Waals surface area contributed by atoms with Crippen molar-refractivity contribution in [1.29, 1.82) is 0 Å². The van der Waals surface area contributed by atoms with Gasteiger partial charge in [0.15, 0.2) is 0 Å². The number of nitrogens with one attached hydrogen (secondary N) is 2. The van der Waals surface area contributed by atoms with Gasteiger partial charge < -0.3 is 16.0 Å². The van der Waals surface area contributed by atoms with Crippen LogP contribution in [0.5, 0.6) is 0 Å². The van der Waals surface area contributed by atoms with E-state index in [9.17, 15) is 4.79 Å². The van der Waals surface area contributed by atoms with Crippen LogP contribution in [0.25, 0.3) is 10.9 Å². The fraction of sp³-hybridized carbons (Fsp3) is 0.188. The average Bonchev–Trinajstić information content (AvgIpc) is 3.12. The van der Waals surface area contributed by atoms with E-state index in [2.05, 4.69) is 17.2 Å². The zero-order valence-corrected chi connectivity index (χ0v) is 12.5. The summed E-state index contributed by atoms with van der Waals surface area (Å²) < 4.78 is 0. The number of aromatic amines is 1. The Bertz CT molecular complexity index is 761. The summed E-state index contributed by atoms with van der Waals surface area (Å²) in [6, 6.07) is 11.5. The summed E-state index contributed by atoms with van der Waals surface area (Å²) in [6.07, 6.45) is 0.861. The predicted molar refractivity (Wildman–Crippen MR) is 87.5 cm³/mol. The molecule has 21 heavy (non-hydrogen) atoms. The van der Waals surface area contributed by atoms with E-state index in [1.165, 1.54) is 4.88 Å². The number of rotatable bonds is 4. The Balaban J connectivity index is 1.83. The van der Waals surface area contributed by atoms with Crippen LogP contribution in [0.15, 0.2) is 41.8 Å². The monoisotopic (exact) mass is 299 g/mol. The molecular weight excluding hydrogens is 282 g/mol. The third kappa shape index (κ3) is 2.78. The molecule has 1 amide bonds. The largest absolute Gasteiger partial charge is 0.399 e. The number of amides is 1. The zero-order chi connectivity index (χ0) is 14.8. The normalized spacial score (nSPS) is 12.4. The van der Waals surface area contributed by atoms with E-state index in [4.69, 9.17) is 5.73 Å². The Hall–Kier alpha value is -2.27. The molecule has 0 saturated heterocycles. The lowest BCUT2D eigenvalue weighted by Gasteiger charge is -2.14. The van der Waals surface area contributed by atoms with E-state index in [1.807, 2.05) is 41.8 Å². The van der Waals surface area contributed by atoms with Crippen molar-refractivity contribution in [2.75, 3.05) is 5.73 Å². The van der Waals surface area contributed by atoms with Gasteiger partial charge in [0, 0.05) is 21.5 Å². The fourth-order valence-electron chi connectivity index (χ4n) is 2.37. The zero-order valence-electron chi connectivity index (χ0n) is 11.7. The number of H-pyrrole nitrogens is 1. The van der Waals surface area contributed by atoms with Crippen LogP contribution in [0.4, 0.5) is 5.69 Å². The first-order valence-corrected chi connectivity index (χ1v) is 7.78. The molecule has 2 heterocycles. The summed E-state index contributed by atoms with van der Waals surface area (Å²) in [5, 5.41) is 6.04. The second kappa shape index (κ2) is 5.61. The quantitative estimate of drug-likeness (QED) is 0.643. The maximum absolute atomic E-state index is 12.4. The molecule has 3 aromatic rings. The van der Waals surface area contributed by atoms with Gasteiger partial charge in [-0.05, 0) is 42.1 Å². The lowest BCUT2D eigenvalue weighted by atomic mass is 10.2. The van der Waals surface area contributed by atoms with Crippen LogP contribution in [-0.2, 0) is 0 Å². The smallest absolute Gasteiger partial charge is 0.268 e. The van der Waals surface area contributed by atoms with Crippen LogP contribution in [0, 0.1) is 0 Å². The summed E-state index contributed by atoms with van der Waals surface area (Å²) >= 11 is 1.66. The van der Waals surface area contributed by atoms with Gasteiger partial charge in [-0.15, -0.1) is 11.3 Å². The summed E-state index contributed by atoms with van der Waals surface area (Å²) in [5.74, 6) is -0.0926. The van der Waals surface area contributed by atoms with Crippen LogP contribution in [-0.4, -0.2) is 10.9 Å². The number of anilines is 1. The van der Waals surface area contributed by atoms with Crippen molar-refractivity contribution in [3.63, 3.8) is 0 Å². The summed E-state index contributed by atoms with van der Waals surface area (Å²) in [6.45, 7) is 2.07. The number of hydrogen-bond acceptors (Lipinski definition) is 3. The maximum atomic E-state index is 12.4. The number of fused-ring (bicyclic) bond motifs is 1. The Morgan fingerprint density at radius 2 is 2.24 bits per heavy atom. The van der Waals surface area contributed by atoms with E-state index in [-0.39, 0.29) is 11.9 Å². The van der Waals surface area contributed by atoms with Crippen LogP contribution in [0.3, 0.4) is 0 Å². The lowest BCUT2D eigenvalue weighted by Crippen LogP contribution is -2.27. The Morgan fingerprint density at radius 3 is 2.95 bits per heavy atom. The van der Waals surface area contributed by atoms with E-state index in [1.54, 1.807) is 11.3 Å². The molecule has 0 spiro atoms. The van der Waals surface area contributed by atoms with Crippen LogP contribution in [0.1, 0.15) is 34.8 Å². The molecule has 0 aliphatic carbocycles. The summed E-state index contributed by atoms with van der Waals surface area (Å²) in [4.78, 5) is 16.7. The van der Waals surface area contributed by atoms with Crippen molar-refractivity contribution in [1.82, 2.24) is 10.3 Å². The van der Waals surface area contributed by atoms with Crippen molar-refractivity contribution < 1.29 is 4.79 Å². The standard InChI is InChI=1S/C16H17N3OS/c1-2-12(15-4-3-7-21-15)19-16(20)14-9-10-8-11(17)5-6-13(10)18-14/h3-9,12,18H,2,17H2,1H3,(H,19,20). The third-order valence-electron chi connectivity index (χ3n) is 3.49. The van der Waals surface area contributed by atoms with Crippen LogP contribution in [0.2, 0.25) is 0 Å². The van der Waals surface area contributed by atoms with Crippen molar-refractivity contribution in [3.05, 3.63) is 52.3 Å². The highest BCUT2D eigenvalue weighted by Gasteiger charge is 2.16. The molecular formula is C16H17N3OS. The van der Waals surface area contributed by atoms with Crippen LogP contribution < -0.4 is 11.1 Å². The van der Waals surface area contributed by atoms with Gasteiger partial charge in [0.1, 0.15) is 5.69 Å². The third-order valence-corrected chi connectivity index (χ3v) is 4.48. The maximum Gasteiger partial charge on any atom is 0.268 e. The molecule has 0 aliphatic rings. The van der Waals surface area contributed by atoms with E-state index < -0.39 is 0 Å². The fourth-order valence-corrected chi connectivity index (χ4v) is 3.23. The van der Waals surface area contributed by atoms with E-state index in [0.717, 1.165) is 17.3 Å². The van der Waals surface area contributed by atoms with Gasteiger partial charge in [0.25, 0.3) is 5.91 Å². The van der Waals surface area contributed by atoms with Crippen molar-refractivity contribution in [3.8, 4) is 0 Å². The second-order valence-electron chi connectivity index (χ2n) is 4.98. The Labute approximate surface area is 127 Å². The molecule has 3 rings (SSSR count). The van der Waals surface area contributed by atoms with Crippen molar-refractivity contribution >= 4 is 33.8 Å². The number of nitrogens with two attached hydrogens (primary N) is 1. The van der Waals surface area contributed by atoms with Gasteiger partial charge in [0.2, 0.25) is 0 Å². The van der Waals surface area contributed by atoms with Gasteiger partial charge in [-0.2, -0.15) is 0 Å². The van der Waals surface area contributed by atoms with Crippen molar-refractivity contribution in [2.24, 2.45) is 0 Å². The number of nitrogen functional groups attached to an aromatic ring is 1. The molecule has 0 fully saturated rings. The summed E-state index contributed by atoms with van der Waals surface area (Å²) in [7, 11) is 0. The SMILES string of the molecule is CCC(NC(=O)c1cc2cc(N)ccc2[nH]1)c1cccs1. The number of carbonyl (C=O) groups excluding carboxylic acids is 1. The first-order valence-electron chi connectivity index (χ1n) is 6.90. The van der Waals surface area contributed by atoms with Gasteiger partial charge in [-0.25, -0.2) is 0 Å². The number of aromatic nitrogens is 1. The molecule has 4 nitrogen and oxygen atoms in total. The van der Waals surface area contributed by atoms with Crippen LogP contribution >= 0.6 is 11.3 Å². The highest BCUT2D eigenvalue weighted by atomic mass is 32.1. The number of carbonyl (C=O) groups is 1. The van der Waals surface area contributed by atoms with Gasteiger partial charge in [-0.3, -0.25) is 4.79 Å². The first-order chi connectivity index (χ1) is 10.2.